The van der Waals surface area contributed by atoms with Crippen LogP contribution in [0.5, 0.6) is 0 Å². The zero-order chi connectivity index (χ0) is 9.19. The van der Waals surface area contributed by atoms with Gasteiger partial charge in [0.15, 0.2) is 0 Å². The van der Waals surface area contributed by atoms with Gasteiger partial charge in [0.25, 0.3) is 10.1 Å². The molecule has 0 amide bonds. The van der Waals surface area contributed by atoms with Gasteiger partial charge in [0.05, 0.1) is 11.6 Å². The topological polar surface area (TPSA) is 67.3 Å². The SMILES string of the molecule is Cl.O=S(=O)(O)c1cccnc1CCl. The van der Waals surface area contributed by atoms with Crippen molar-refractivity contribution in [3.05, 3.63) is 24.0 Å². The van der Waals surface area contributed by atoms with Crippen LogP contribution < -0.4 is 0 Å². The highest BCUT2D eigenvalue weighted by Gasteiger charge is 2.14. The van der Waals surface area contributed by atoms with Gasteiger partial charge in [0.2, 0.25) is 0 Å². The molecule has 1 N–H and O–H groups in total. The zero-order valence-electron chi connectivity index (χ0n) is 6.34. The minimum absolute atomic E-state index is 0. The maximum Gasteiger partial charge on any atom is 0.296 e. The van der Waals surface area contributed by atoms with E-state index in [4.69, 9.17) is 16.2 Å². The van der Waals surface area contributed by atoms with Gasteiger partial charge in [-0.25, -0.2) is 0 Å². The second kappa shape index (κ2) is 4.76. The first-order chi connectivity index (χ1) is 5.55. The molecule has 1 aromatic rings. The lowest BCUT2D eigenvalue weighted by molar-refractivity contribution is 0.482. The van der Waals surface area contributed by atoms with Crippen LogP contribution in [-0.2, 0) is 16.0 Å². The molecule has 0 atom stereocenters. The molecule has 0 unspecified atom stereocenters. The van der Waals surface area contributed by atoms with Crippen molar-refractivity contribution in [1.82, 2.24) is 4.98 Å². The van der Waals surface area contributed by atoms with Crippen LogP contribution in [-0.4, -0.2) is 18.0 Å². The maximum atomic E-state index is 10.7. The molecule has 0 aliphatic rings. The lowest BCUT2D eigenvalue weighted by Crippen LogP contribution is -2.03. The Kier molecular flexibility index (Phi) is 4.63. The van der Waals surface area contributed by atoms with Crippen molar-refractivity contribution in [3.63, 3.8) is 0 Å². The molecule has 0 spiro atoms. The molecule has 0 aliphatic heterocycles. The quantitative estimate of drug-likeness (QED) is 0.632. The fourth-order valence-electron chi connectivity index (χ4n) is 0.758. The van der Waals surface area contributed by atoms with Crippen LogP contribution in [0.3, 0.4) is 0 Å². The number of pyridine rings is 1. The summed E-state index contributed by atoms with van der Waals surface area (Å²) in [6.07, 6.45) is 1.41. The number of alkyl halides is 1. The van der Waals surface area contributed by atoms with Crippen LogP contribution in [0, 0.1) is 0 Å². The van der Waals surface area contributed by atoms with Crippen LogP contribution >= 0.6 is 24.0 Å². The van der Waals surface area contributed by atoms with Gasteiger partial charge in [-0.1, -0.05) is 0 Å². The maximum absolute atomic E-state index is 10.7. The van der Waals surface area contributed by atoms with Gasteiger partial charge in [0.1, 0.15) is 4.90 Å². The van der Waals surface area contributed by atoms with Crippen LogP contribution in [0.15, 0.2) is 23.2 Å². The average Bonchev–Trinajstić information content (AvgIpc) is 2.03. The van der Waals surface area contributed by atoms with Gasteiger partial charge in [-0.2, -0.15) is 8.42 Å². The van der Waals surface area contributed by atoms with Crippen LogP contribution in [0.1, 0.15) is 5.69 Å². The molecule has 0 fully saturated rings. The molecule has 7 heteroatoms. The van der Waals surface area contributed by atoms with E-state index in [2.05, 4.69) is 4.98 Å². The van der Waals surface area contributed by atoms with Crippen molar-refractivity contribution in [3.8, 4) is 0 Å². The molecule has 0 saturated carbocycles. The lowest BCUT2D eigenvalue weighted by atomic mass is 10.4. The molecule has 1 heterocycles. The Morgan fingerprint density at radius 3 is 2.54 bits per heavy atom. The van der Waals surface area contributed by atoms with Crippen LogP contribution in [0.2, 0.25) is 0 Å². The normalized spacial score (nSPS) is 10.6. The Hall–Kier alpha value is -0.360. The number of halogens is 2. The van der Waals surface area contributed by atoms with E-state index in [1.54, 1.807) is 0 Å². The minimum Gasteiger partial charge on any atom is -0.282 e. The van der Waals surface area contributed by atoms with Crippen LogP contribution in [0.4, 0.5) is 0 Å². The zero-order valence-corrected chi connectivity index (χ0v) is 8.73. The molecule has 4 nitrogen and oxygen atoms in total. The summed E-state index contributed by atoms with van der Waals surface area (Å²) in [5, 5.41) is 0. The summed E-state index contributed by atoms with van der Waals surface area (Å²) in [5.74, 6) is -0.0457. The molecule has 74 valence electrons. The van der Waals surface area contributed by atoms with E-state index in [0.717, 1.165) is 0 Å². The van der Waals surface area contributed by atoms with E-state index in [1.165, 1.54) is 18.3 Å². The fourth-order valence-corrected chi connectivity index (χ4v) is 1.72. The van der Waals surface area contributed by atoms with Gasteiger partial charge in [-0.3, -0.25) is 9.54 Å². The summed E-state index contributed by atoms with van der Waals surface area (Å²) in [7, 11) is -4.19. The largest absolute Gasteiger partial charge is 0.296 e. The highest BCUT2D eigenvalue weighted by Crippen LogP contribution is 2.13. The third-order valence-corrected chi connectivity index (χ3v) is 2.43. The molecular weight excluding hydrogens is 237 g/mol. The van der Waals surface area contributed by atoms with Gasteiger partial charge >= 0.3 is 0 Å². The van der Waals surface area contributed by atoms with E-state index < -0.39 is 10.1 Å². The second-order valence-electron chi connectivity index (χ2n) is 2.06. The first kappa shape index (κ1) is 12.6. The highest BCUT2D eigenvalue weighted by molar-refractivity contribution is 7.85. The fraction of sp³-hybridized carbons (Fsp3) is 0.167. The number of hydrogen-bond acceptors (Lipinski definition) is 3. The molecule has 13 heavy (non-hydrogen) atoms. The van der Waals surface area contributed by atoms with Gasteiger partial charge in [-0.15, -0.1) is 24.0 Å². The Morgan fingerprint density at radius 1 is 1.54 bits per heavy atom. The first-order valence-corrected chi connectivity index (χ1v) is 5.00. The highest BCUT2D eigenvalue weighted by atomic mass is 35.5. The Morgan fingerprint density at radius 2 is 2.15 bits per heavy atom. The number of hydrogen-bond donors (Lipinski definition) is 1. The Bertz CT molecular complexity index is 379. The first-order valence-electron chi connectivity index (χ1n) is 3.03. The molecule has 1 rings (SSSR count). The summed E-state index contributed by atoms with van der Waals surface area (Å²) in [6, 6.07) is 2.67. The third kappa shape index (κ3) is 3.11. The van der Waals surface area contributed by atoms with Gasteiger partial charge < -0.3 is 0 Å². The predicted octanol–water partition coefficient (Wildman–Crippen LogP) is 1.49. The standard InChI is InChI=1S/C6H6ClNO3S.ClH/c7-4-5-6(12(9,10)11)2-1-3-8-5;/h1-3H,4H2,(H,9,10,11);1H. The summed E-state index contributed by atoms with van der Waals surface area (Å²) in [5.41, 5.74) is 0.154. The van der Waals surface area contributed by atoms with Crippen molar-refractivity contribution in [2.45, 2.75) is 10.8 Å². The van der Waals surface area contributed by atoms with E-state index >= 15 is 0 Å². The molecule has 1 aromatic heterocycles. The van der Waals surface area contributed by atoms with Gasteiger partial charge in [-0.05, 0) is 12.1 Å². The number of nitrogens with zero attached hydrogens (tertiary/aromatic N) is 1. The van der Waals surface area contributed by atoms with E-state index in [1.807, 2.05) is 0 Å². The van der Waals surface area contributed by atoms with Crippen molar-refractivity contribution >= 4 is 34.1 Å². The Labute approximate surface area is 87.1 Å². The molecule has 0 bridgehead atoms. The smallest absolute Gasteiger partial charge is 0.282 e. The number of aromatic nitrogens is 1. The van der Waals surface area contributed by atoms with E-state index in [-0.39, 0.29) is 28.9 Å². The predicted molar refractivity (Wildman–Crippen MR) is 50.9 cm³/mol. The summed E-state index contributed by atoms with van der Waals surface area (Å²) < 4.78 is 30.0. The van der Waals surface area contributed by atoms with E-state index in [9.17, 15) is 8.42 Å². The van der Waals surface area contributed by atoms with Crippen molar-refractivity contribution in [2.24, 2.45) is 0 Å². The van der Waals surface area contributed by atoms with Crippen molar-refractivity contribution in [2.75, 3.05) is 0 Å². The van der Waals surface area contributed by atoms with E-state index in [0.29, 0.717) is 0 Å². The molecule has 0 radical (unpaired) electrons. The third-order valence-electron chi connectivity index (χ3n) is 1.25. The molecular formula is C6H7Cl2NO3S. The molecule has 0 aromatic carbocycles. The van der Waals surface area contributed by atoms with Gasteiger partial charge in [0, 0.05) is 6.20 Å². The van der Waals surface area contributed by atoms with Crippen molar-refractivity contribution < 1.29 is 13.0 Å². The summed E-state index contributed by atoms with van der Waals surface area (Å²) >= 11 is 5.40. The van der Waals surface area contributed by atoms with Crippen LogP contribution in [0.25, 0.3) is 0 Å². The Balaban J connectivity index is 0.00000144. The minimum atomic E-state index is -4.19. The number of rotatable bonds is 2. The average molecular weight is 244 g/mol. The van der Waals surface area contributed by atoms with Crippen molar-refractivity contribution in [1.29, 1.82) is 0 Å². The monoisotopic (exact) mass is 243 g/mol. The summed E-state index contributed by atoms with van der Waals surface area (Å²) in [4.78, 5) is 3.46. The summed E-state index contributed by atoms with van der Waals surface area (Å²) in [6.45, 7) is 0. The molecule has 0 aliphatic carbocycles. The molecule has 0 saturated heterocycles. The lowest BCUT2D eigenvalue weighted by Gasteiger charge is -2.00. The second-order valence-corrected chi connectivity index (χ2v) is 3.71.